The Morgan fingerprint density at radius 3 is 2.82 bits per heavy atom. The Labute approximate surface area is 111 Å². The van der Waals surface area contributed by atoms with Gasteiger partial charge in [0.25, 0.3) is 5.56 Å². The van der Waals surface area contributed by atoms with Gasteiger partial charge in [0.2, 0.25) is 0 Å². The Bertz CT molecular complexity index is 441. The summed E-state index contributed by atoms with van der Waals surface area (Å²) in [5, 5.41) is 4.68. The van der Waals surface area contributed by atoms with Crippen LogP contribution in [0.5, 0.6) is 0 Å². The van der Waals surface area contributed by atoms with E-state index in [0.717, 1.165) is 18.6 Å². The maximum Gasteiger partial charge on any atom is 0.282 e. The molecule has 0 unspecified atom stereocenters. The van der Waals surface area contributed by atoms with Gasteiger partial charge < -0.3 is 0 Å². The molecule has 0 atom stereocenters. The normalized spacial score (nSPS) is 17.3. The zero-order chi connectivity index (χ0) is 12.3. The van der Waals surface area contributed by atoms with Crippen molar-refractivity contribution in [2.75, 3.05) is 5.75 Å². The van der Waals surface area contributed by atoms with E-state index in [1.165, 1.54) is 31.0 Å². The van der Waals surface area contributed by atoms with E-state index < -0.39 is 0 Å². The number of aromatic nitrogens is 2. The summed E-state index contributed by atoms with van der Waals surface area (Å²) in [5.41, 5.74) is -0.0174. The minimum absolute atomic E-state index is 0.0174. The van der Waals surface area contributed by atoms with E-state index in [-0.39, 0.29) is 11.6 Å². The Morgan fingerprint density at radius 1 is 1.47 bits per heavy atom. The highest BCUT2D eigenvalue weighted by Gasteiger charge is 2.19. The topological polar surface area (TPSA) is 34.9 Å². The quantitative estimate of drug-likeness (QED) is 0.790. The maximum absolute atomic E-state index is 12.3. The van der Waals surface area contributed by atoms with Gasteiger partial charge in [-0.15, -0.1) is 11.8 Å². The zero-order valence-corrected chi connectivity index (χ0v) is 11.6. The van der Waals surface area contributed by atoms with E-state index in [0.29, 0.717) is 9.92 Å². The predicted molar refractivity (Wildman–Crippen MR) is 72.0 cm³/mol. The van der Waals surface area contributed by atoms with Crippen molar-refractivity contribution in [1.29, 1.82) is 0 Å². The van der Waals surface area contributed by atoms with E-state index in [1.54, 1.807) is 10.9 Å². The molecule has 1 aromatic heterocycles. The van der Waals surface area contributed by atoms with Gasteiger partial charge in [-0.25, -0.2) is 4.68 Å². The summed E-state index contributed by atoms with van der Waals surface area (Å²) in [6.07, 6.45) is 7.38. The molecule has 0 radical (unpaired) electrons. The van der Waals surface area contributed by atoms with Gasteiger partial charge in [0, 0.05) is 0 Å². The molecule has 0 aliphatic heterocycles. The standard InChI is InChI=1S/C12H17ClN2OS/c1-2-17-11-10(13)8-14-15(12(11)16)9-6-4-3-5-7-9/h8-9H,2-7H2,1H3. The Hall–Kier alpha value is -0.480. The third kappa shape index (κ3) is 2.86. The van der Waals surface area contributed by atoms with Crippen LogP contribution in [0.1, 0.15) is 45.1 Å². The summed E-state index contributed by atoms with van der Waals surface area (Å²) in [6, 6.07) is 0.268. The number of hydrogen-bond donors (Lipinski definition) is 0. The van der Waals surface area contributed by atoms with Gasteiger partial charge >= 0.3 is 0 Å². The summed E-state index contributed by atoms with van der Waals surface area (Å²) in [4.78, 5) is 12.9. The summed E-state index contributed by atoms with van der Waals surface area (Å²) in [7, 11) is 0. The van der Waals surface area contributed by atoms with Crippen molar-refractivity contribution in [3.05, 3.63) is 21.6 Å². The highest BCUT2D eigenvalue weighted by Crippen LogP contribution is 2.28. The monoisotopic (exact) mass is 272 g/mol. The molecule has 0 aromatic carbocycles. The molecule has 1 aromatic rings. The molecular formula is C12H17ClN2OS. The fraction of sp³-hybridized carbons (Fsp3) is 0.667. The molecule has 0 N–H and O–H groups in total. The van der Waals surface area contributed by atoms with Crippen molar-refractivity contribution in [3.8, 4) is 0 Å². The average Bonchev–Trinajstić information content (AvgIpc) is 2.36. The Morgan fingerprint density at radius 2 is 2.18 bits per heavy atom. The highest BCUT2D eigenvalue weighted by molar-refractivity contribution is 7.99. The molecular weight excluding hydrogens is 256 g/mol. The van der Waals surface area contributed by atoms with Crippen LogP contribution >= 0.6 is 23.4 Å². The number of thioether (sulfide) groups is 1. The van der Waals surface area contributed by atoms with Crippen LogP contribution in [0.15, 0.2) is 15.9 Å². The molecule has 2 rings (SSSR count). The molecule has 3 nitrogen and oxygen atoms in total. The maximum atomic E-state index is 12.3. The molecule has 1 aliphatic carbocycles. The fourth-order valence-electron chi connectivity index (χ4n) is 2.29. The van der Waals surface area contributed by atoms with Gasteiger partial charge in [0.15, 0.2) is 0 Å². The van der Waals surface area contributed by atoms with Crippen LogP contribution in [-0.4, -0.2) is 15.5 Å². The van der Waals surface area contributed by atoms with Crippen LogP contribution in [0.25, 0.3) is 0 Å². The van der Waals surface area contributed by atoms with Crippen molar-refractivity contribution >= 4 is 23.4 Å². The highest BCUT2D eigenvalue weighted by atomic mass is 35.5. The van der Waals surface area contributed by atoms with Crippen molar-refractivity contribution in [2.45, 2.75) is 50.0 Å². The van der Waals surface area contributed by atoms with E-state index in [9.17, 15) is 4.79 Å². The largest absolute Gasteiger partial charge is 0.282 e. The molecule has 1 saturated carbocycles. The number of halogens is 1. The Balaban J connectivity index is 2.34. The smallest absolute Gasteiger partial charge is 0.266 e. The lowest BCUT2D eigenvalue weighted by Gasteiger charge is -2.23. The number of rotatable bonds is 3. The van der Waals surface area contributed by atoms with Gasteiger partial charge in [0.1, 0.15) is 0 Å². The van der Waals surface area contributed by atoms with Crippen LogP contribution in [0.3, 0.4) is 0 Å². The molecule has 0 saturated heterocycles. The van der Waals surface area contributed by atoms with Gasteiger partial charge in [-0.2, -0.15) is 5.10 Å². The van der Waals surface area contributed by atoms with E-state index in [2.05, 4.69) is 5.10 Å². The van der Waals surface area contributed by atoms with E-state index in [4.69, 9.17) is 11.6 Å². The summed E-state index contributed by atoms with van der Waals surface area (Å²) in [5.74, 6) is 0.851. The van der Waals surface area contributed by atoms with Crippen LogP contribution < -0.4 is 5.56 Å². The second-order valence-corrected chi connectivity index (χ2v) is 5.98. The van der Waals surface area contributed by atoms with Gasteiger partial charge in [0.05, 0.1) is 22.2 Å². The predicted octanol–water partition coefficient (Wildman–Crippen LogP) is 3.51. The second-order valence-electron chi connectivity index (χ2n) is 4.30. The van der Waals surface area contributed by atoms with Crippen molar-refractivity contribution in [3.63, 3.8) is 0 Å². The molecule has 94 valence electrons. The first-order valence-corrected chi connectivity index (χ1v) is 7.50. The molecule has 1 aliphatic rings. The summed E-state index contributed by atoms with van der Waals surface area (Å²) in [6.45, 7) is 2.02. The first-order chi connectivity index (χ1) is 8.24. The molecule has 1 heterocycles. The average molecular weight is 273 g/mol. The van der Waals surface area contributed by atoms with E-state index in [1.807, 2.05) is 6.92 Å². The van der Waals surface area contributed by atoms with Crippen LogP contribution in [0.2, 0.25) is 5.02 Å². The SMILES string of the molecule is CCSc1c(Cl)cnn(C2CCCCC2)c1=O. The molecule has 17 heavy (non-hydrogen) atoms. The van der Waals surface area contributed by atoms with E-state index >= 15 is 0 Å². The van der Waals surface area contributed by atoms with Crippen molar-refractivity contribution < 1.29 is 0 Å². The molecule has 0 amide bonds. The molecule has 5 heteroatoms. The van der Waals surface area contributed by atoms with Gasteiger partial charge in [-0.1, -0.05) is 37.8 Å². The summed E-state index contributed by atoms with van der Waals surface area (Å²) < 4.78 is 1.64. The third-order valence-electron chi connectivity index (χ3n) is 3.12. The third-order valence-corrected chi connectivity index (χ3v) is 4.49. The van der Waals surface area contributed by atoms with Crippen molar-refractivity contribution in [2.24, 2.45) is 0 Å². The van der Waals surface area contributed by atoms with Crippen molar-refractivity contribution in [1.82, 2.24) is 9.78 Å². The lowest BCUT2D eigenvalue weighted by molar-refractivity contribution is 0.315. The fourth-order valence-corrected chi connectivity index (χ4v) is 3.28. The molecule has 0 spiro atoms. The minimum atomic E-state index is -0.0174. The lowest BCUT2D eigenvalue weighted by atomic mass is 9.96. The molecule has 1 fully saturated rings. The first kappa shape index (κ1) is 13.0. The van der Waals surface area contributed by atoms with Crippen LogP contribution in [-0.2, 0) is 0 Å². The summed E-state index contributed by atoms with van der Waals surface area (Å²) >= 11 is 7.52. The van der Waals surface area contributed by atoms with Crippen LogP contribution in [0.4, 0.5) is 0 Å². The van der Waals surface area contributed by atoms with Gasteiger partial charge in [-0.05, 0) is 18.6 Å². The minimum Gasteiger partial charge on any atom is -0.266 e. The second kappa shape index (κ2) is 5.91. The Kier molecular flexibility index (Phi) is 4.51. The number of nitrogens with zero attached hydrogens (tertiary/aromatic N) is 2. The van der Waals surface area contributed by atoms with Crippen LogP contribution in [0, 0.1) is 0 Å². The first-order valence-electron chi connectivity index (χ1n) is 6.14. The van der Waals surface area contributed by atoms with Gasteiger partial charge in [-0.3, -0.25) is 4.79 Å². The lowest BCUT2D eigenvalue weighted by Crippen LogP contribution is -2.29. The zero-order valence-electron chi connectivity index (χ0n) is 9.99. The number of hydrogen-bond acceptors (Lipinski definition) is 3. The molecule has 0 bridgehead atoms.